The first-order valence-electron chi connectivity index (χ1n) is 10.9. The molecule has 186 valence electrons. The van der Waals surface area contributed by atoms with Gasteiger partial charge < -0.3 is 14.2 Å². The number of allylic oxidation sites excluding steroid dienone is 1. The molecule has 36 heavy (non-hydrogen) atoms. The van der Waals surface area contributed by atoms with Crippen molar-refractivity contribution < 1.29 is 23.9 Å². The number of fused-ring (bicyclic) bond motifs is 1. The Morgan fingerprint density at radius 2 is 1.94 bits per heavy atom. The molecule has 11 heteroatoms. The third-order valence-corrected chi connectivity index (χ3v) is 6.60. The smallest absolute Gasteiger partial charge is 0.338 e. The average Bonchev–Trinajstić information content (AvgIpc) is 3.17. The number of ether oxygens (including phenoxy) is 3. The van der Waals surface area contributed by atoms with Crippen molar-refractivity contribution >= 4 is 29.1 Å². The number of esters is 1. The molecule has 0 aliphatic carbocycles. The van der Waals surface area contributed by atoms with Gasteiger partial charge in [0.2, 0.25) is 0 Å². The van der Waals surface area contributed by atoms with Crippen LogP contribution < -0.4 is 24.4 Å². The summed E-state index contributed by atoms with van der Waals surface area (Å²) in [5, 5.41) is 11.4. The molecule has 0 N–H and O–H groups in total. The van der Waals surface area contributed by atoms with Gasteiger partial charge in [0.25, 0.3) is 11.2 Å². The number of nitro groups is 1. The van der Waals surface area contributed by atoms with Crippen LogP contribution in [0.15, 0.2) is 63.5 Å². The highest BCUT2D eigenvalue weighted by Gasteiger charge is 2.34. The normalized spacial score (nSPS) is 15.2. The van der Waals surface area contributed by atoms with Gasteiger partial charge in [-0.3, -0.25) is 19.5 Å². The van der Waals surface area contributed by atoms with Crippen molar-refractivity contribution in [3.05, 3.63) is 94.7 Å². The lowest BCUT2D eigenvalue weighted by molar-refractivity contribution is -0.384. The van der Waals surface area contributed by atoms with E-state index in [0.29, 0.717) is 37.7 Å². The molecule has 1 aliphatic rings. The first-order chi connectivity index (χ1) is 17.3. The van der Waals surface area contributed by atoms with Crippen LogP contribution in [0, 0.1) is 10.1 Å². The first kappa shape index (κ1) is 24.9. The van der Waals surface area contributed by atoms with Gasteiger partial charge in [0.1, 0.15) is 0 Å². The summed E-state index contributed by atoms with van der Waals surface area (Å²) in [6, 6.07) is 10.2. The third-order valence-electron chi connectivity index (χ3n) is 5.62. The van der Waals surface area contributed by atoms with E-state index in [0.717, 1.165) is 11.3 Å². The molecule has 0 radical (unpaired) electrons. The largest absolute Gasteiger partial charge is 0.493 e. The van der Waals surface area contributed by atoms with Crippen molar-refractivity contribution in [2.45, 2.75) is 19.9 Å². The van der Waals surface area contributed by atoms with E-state index in [4.69, 9.17) is 14.2 Å². The Kier molecular flexibility index (Phi) is 7.02. The first-order valence-corrected chi connectivity index (χ1v) is 11.8. The highest BCUT2D eigenvalue weighted by molar-refractivity contribution is 7.07. The molecule has 0 amide bonds. The maximum Gasteiger partial charge on any atom is 0.338 e. The summed E-state index contributed by atoms with van der Waals surface area (Å²) in [6.45, 7) is 3.46. The minimum Gasteiger partial charge on any atom is -0.493 e. The summed E-state index contributed by atoms with van der Waals surface area (Å²) in [4.78, 5) is 42.4. The van der Waals surface area contributed by atoms with Gasteiger partial charge in [0.15, 0.2) is 16.3 Å². The Bertz CT molecular complexity index is 1570. The van der Waals surface area contributed by atoms with Crippen molar-refractivity contribution in [3.8, 4) is 11.5 Å². The summed E-state index contributed by atoms with van der Waals surface area (Å²) in [5.41, 5.74) is 1.09. The predicted octanol–water partition coefficient (Wildman–Crippen LogP) is 2.72. The van der Waals surface area contributed by atoms with Gasteiger partial charge in [-0.2, -0.15) is 0 Å². The monoisotopic (exact) mass is 509 g/mol. The molecule has 2 aromatic carbocycles. The molecule has 1 atom stereocenters. The number of rotatable bonds is 7. The fourth-order valence-electron chi connectivity index (χ4n) is 4.01. The molecule has 1 aromatic heterocycles. The number of benzene rings is 2. The van der Waals surface area contributed by atoms with E-state index in [2.05, 4.69) is 4.99 Å². The van der Waals surface area contributed by atoms with Gasteiger partial charge in [-0.15, -0.1) is 0 Å². The number of hydrogen-bond donors (Lipinski definition) is 0. The number of carbonyl (C=O) groups is 1. The summed E-state index contributed by atoms with van der Waals surface area (Å²) in [6.07, 6.45) is 1.69. The summed E-state index contributed by atoms with van der Waals surface area (Å²) in [7, 11) is 3.06. The van der Waals surface area contributed by atoms with E-state index in [1.165, 1.54) is 37.0 Å². The molecule has 10 nitrogen and oxygen atoms in total. The molecule has 0 bridgehead atoms. The SMILES string of the molecule is CCOC(=O)C1=C(C)N=c2s/c(=C/c3ccc(OC)c(OC)c3)c(=O)n2[C@H]1c1cccc([N+](=O)[O-])c1. The Balaban J connectivity index is 1.95. The lowest BCUT2D eigenvalue weighted by Crippen LogP contribution is -2.40. The van der Waals surface area contributed by atoms with Crippen LogP contribution in [0.3, 0.4) is 0 Å². The second-order valence-corrected chi connectivity index (χ2v) is 8.78. The van der Waals surface area contributed by atoms with Crippen LogP contribution in [0.4, 0.5) is 5.69 Å². The Hall–Kier alpha value is -4.25. The zero-order valence-corrected chi connectivity index (χ0v) is 20.8. The van der Waals surface area contributed by atoms with E-state index >= 15 is 0 Å². The van der Waals surface area contributed by atoms with Crippen LogP contribution in [0.5, 0.6) is 11.5 Å². The second kappa shape index (κ2) is 10.2. The number of nitro benzene ring substituents is 1. The molecule has 0 fully saturated rings. The Morgan fingerprint density at radius 3 is 2.61 bits per heavy atom. The molecular formula is C25H23N3O7S. The third kappa shape index (κ3) is 4.52. The van der Waals surface area contributed by atoms with Gasteiger partial charge in [-0.25, -0.2) is 9.79 Å². The molecule has 0 spiro atoms. The topological polar surface area (TPSA) is 122 Å². The van der Waals surface area contributed by atoms with Crippen molar-refractivity contribution in [2.24, 2.45) is 4.99 Å². The van der Waals surface area contributed by atoms with Crippen molar-refractivity contribution in [1.82, 2.24) is 4.57 Å². The summed E-state index contributed by atoms with van der Waals surface area (Å²) >= 11 is 1.16. The number of hydrogen-bond acceptors (Lipinski definition) is 9. The number of thiazole rings is 1. The number of non-ortho nitro benzene ring substituents is 1. The van der Waals surface area contributed by atoms with Crippen molar-refractivity contribution in [2.75, 3.05) is 20.8 Å². The number of aromatic nitrogens is 1. The van der Waals surface area contributed by atoms with Crippen LogP contribution >= 0.6 is 11.3 Å². The zero-order chi connectivity index (χ0) is 26.0. The number of methoxy groups -OCH3 is 2. The highest BCUT2D eigenvalue weighted by atomic mass is 32.1. The molecular weight excluding hydrogens is 486 g/mol. The fraction of sp³-hybridized carbons (Fsp3) is 0.240. The summed E-state index contributed by atoms with van der Waals surface area (Å²) < 4.78 is 17.6. The zero-order valence-electron chi connectivity index (χ0n) is 20.0. The lowest BCUT2D eigenvalue weighted by atomic mass is 9.95. The summed E-state index contributed by atoms with van der Waals surface area (Å²) in [5.74, 6) is 0.426. The lowest BCUT2D eigenvalue weighted by Gasteiger charge is -2.24. The fourth-order valence-corrected chi connectivity index (χ4v) is 5.06. The minimum atomic E-state index is -0.937. The van der Waals surface area contributed by atoms with Gasteiger partial charge in [0, 0.05) is 12.1 Å². The predicted molar refractivity (Wildman–Crippen MR) is 133 cm³/mol. The van der Waals surface area contributed by atoms with Gasteiger partial charge in [-0.1, -0.05) is 29.5 Å². The van der Waals surface area contributed by atoms with Gasteiger partial charge in [-0.05, 0) is 43.2 Å². The highest BCUT2D eigenvalue weighted by Crippen LogP contribution is 2.32. The quantitative estimate of drug-likeness (QED) is 0.273. The van der Waals surface area contributed by atoms with Gasteiger partial charge >= 0.3 is 5.97 Å². The van der Waals surface area contributed by atoms with Crippen molar-refractivity contribution in [3.63, 3.8) is 0 Å². The number of nitrogens with zero attached hydrogens (tertiary/aromatic N) is 3. The van der Waals surface area contributed by atoms with Crippen LogP contribution in [0.25, 0.3) is 6.08 Å². The van der Waals surface area contributed by atoms with E-state index in [1.54, 1.807) is 44.2 Å². The van der Waals surface area contributed by atoms with Crippen LogP contribution in [0.1, 0.15) is 31.0 Å². The van der Waals surface area contributed by atoms with Gasteiger partial charge in [0.05, 0.1) is 47.6 Å². The van der Waals surface area contributed by atoms with E-state index < -0.39 is 16.9 Å². The molecule has 0 saturated carbocycles. The molecule has 1 aliphatic heterocycles. The maximum atomic E-state index is 13.6. The Labute approximate surface area is 209 Å². The van der Waals surface area contributed by atoms with E-state index in [9.17, 15) is 19.7 Å². The molecule has 4 rings (SSSR count). The maximum absolute atomic E-state index is 13.6. The van der Waals surface area contributed by atoms with Crippen molar-refractivity contribution in [1.29, 1.82) is 0 Å². The van der Waals surface area contributed by atoms with E-state index in [1.807, 2.05) is 0 Å². The molecule has 3 aromatic rings. The average molecular weight is 510 g/mol. The standard InChI is InChI=1S/C25H23N3O7S/c1-5-35-24(30)21-14(2)26-25-27(22(21)16-7-6-8-17(13-16)28(31)32)23(29)20(36-25)12-15-9-10-18(33-3)19(11-15)34-4/h6-13,22H,5H2,1-4H3/b20-12+/t22-/m0/s1. The van der Waals surface area contributed by atoms with E-state index in [-0.39, 0.29) is 23.4 Å². The van der Waals surface area contributed by atoms with Crippen LogP contribution in [0.2, 0.25) is 0 Å². The molecule has 0 saturated heterocycles. The van der Waals surface area contributed by atoms with Crippen LogP contribution in [-0.2, 0) is 9.53 Å². The number of carbonyl (C=O) groups excluding carboxylic acids is 1. The molecule has 0 unspecified atom stereocenters. The van der Waals surface area contributed by atoms with Crippen LogP contribution in [-0.4, -0.2) is 36.3 Å². The second-order valence-electron chi connectivity index (χ2n) is 7.77. The minimum absolute atomic E-state index is 0.126. The molecule has 2 heterocycles. The Morgan fingerprint density at radius 1 is 1.19 bits per heavy atom.